The highest BCUT2D eigenvalue weighted by molar-refractivity contribution is 5.77. The van der Waals surface area contributed by atoms with Crippen LogP contribution < -0.4 is 10.6 Å². The molecule has 166 valence electrons. The van der Waals surface area contributed by atoms with Gasteiger partial charge in [0.25, 0.3) is 5.92 Å². The highest BCUT2D eigenvalue weighted by Crippen LogP contribution is 2.40. The molecule has 3 N–H and O–H groups in total. The maximum Gasteiger partial charge on any atom is 0.319 e. The second-order valence-corrected chi connectivity index (χ2v) is 9.09. The molecule has 7 nitrogen and oxygen atoms in total. The summed E-state index contributed by atoms with van der Waals surface area (Å²) in [5, 5.41) is 15.9. The van der Waals surface area contributed by atoms with E-state index in [4.69, 9.17) is 0 Å². The van der Waals surface area contributed by atoms with Gasteiger partial charge in [0, 0.05) is 30.6 Å². The van der Waals surface area contributed by atoms with Gasteiger partial charge in [-0.2, -0.15) is 0 Å². The molecular weight excluding hydrogens is 404 g/mol. The third-order valence-electron chi connectivity index (χ3n) is 6.29. The summed E-state index contributed by atoms with van der Waals surface area (Å²) in [6.45, 7) is 5.57. The number of rotatable bonds is 5. The number of anilines is 1. The first-order valence-electron chi connectivity index (χ1n) is 10.3. The third kappa shape index (κ3) is 3.94. The van der Waals surface area contributed by atoms with E-state index in [0.717, 1.165) is 11.1 Å². The number of nitrogens with zero attached hydrogens (tertiary/aromatic N) is 3. The molecule has 0 bridgehead atoms. The molecule has 2 heterocycles. The van der Waals surface area contributed by atoms with Crippen LogP contribution in [0.5, 0.6) is 0 Å². The van der Waals surface area contributed by atoms with Gasteiger partial charge in [0.05, 0.1) is 29.9 Å². The van der Waals surface area contributed by atoms with E-state index in [2.05, 4.69) is 20.6 Å². The summed E-state index contributed by atoms with van der Waals surface area (Å²) in [7, 11) is 0. The number of halogens is 2. The Kier molecular flexibility index (Phi) is 5.12. The summed E-state index contributed by atoms with van der Waals surface area (Å²) in [6.07, 6.45) is 1.19. The molecule has 0 radical (unpaired) electrons. The maximum absolute atomic E-state index is 13.2. The number of hydrogen-bond acceptors (Lipinski definition) is 5. The molecule has 31 heavy (non-hydrogen) atoms. The van der Waals surface area contributed by atoms with Gasteiger partial charge in [-0.1, -0.05) is 30.3 Å². The SMILES string of the molecule is CC1(C)c2cnc(NC3CC(F)(F)C3)nc2CN1C(=O)N[C@@](C)(CO)c1ccccc1. The second-order valence-electron chi connectivity index (χ2n) is 9.09. The quantitative estimate of drug-likeness (QED) is 0.676. The van der Waals surface area contributed by atoms with Gasteiger partial charge in [-0.3, -0.25) is 0 Å². The van der Waals surface area contributed by atoms with Crippen LogP contribution >= 0.6 is 0 Å². The van der Waals surface area contributed by atoms with Crippen LogP contribution in [0.25, 0.3) is 0 Å². The number of nitrogens with one attached hydrogen (secondary N) is 2. The van der Waals surface area contributed by atoms with E-state index >= 15 is 0 Å². The molecule has 1 aliphatic heterocycles. The normalized spacial score (nSPS) is 21.0. The van der Waals surface area contributed by atoms with Crippen molar-refractivity contribution in [3.8, 4) is 0 Å². The fraction of sp³-hybridized carbons (Fsp3) is 0.500. The molecule has 2 aromatic rings. The molecule has 4 rings (SSSR count). The summed E-state index contributed by atoms with van der Waals surface area (Å²) < 4.78 is 26.2. The van der Waals surface area contributed by atoms with Gasteiger partial charge in [0.15, 0.2) is 0 Å². The van der Waals surface area contributed by atoms with Crippen molar-refractivity contribution in [1.82, 2.24) is 20.2 Å². The van der Waals surface area contributed by atoms with Crippen LogP contribution in [0, 0.1) is 0 Å². The van der Waals surface area contributed by atoms with E-state index in [1.54, 1.807) is 18.0 Å². The second kappa shape index (κ2) is 7.40. The Balaban J connectivity index is 1.50. The number of benzene rings is 1. The van der Waals surface area contributed by atoms with E-state index in [1.807, 2.05) is 44.2 Å². The molecule has 0 unspecified atom stereocenters. The van der Waals surface area contributed by atoms with Crippen LogP contribution in [-0.4, -0.2) is 44.6 Å². The summed E-state index contributed by atoms with van der Waals surface area (Å²) in [4.78, 5) is 23.6. The van der Waals surface area contributed by atoms with Crippen molar-refractivity contribution in [1.29, 1.82) is 0 Å². The number of carbonyl (C=O) groups excluding carboxylic acids is 1. The molecule has 1 atom stereocenters. The number of aliphatic hydroxyl groups is 1. The minimum atomic E-state index is -2.62. The topological polar surface area (TPSA) is 90.4 Å². The van der Waals surface area contributed by atoms with Crippen LogP contribution in [0.15, 0.2) is 36.5 Å². The standard InChI is InChI=1S/C22H27F2N5O2/c1-20(2)16-11-25-18(26-15-9-22(23,24)10-15)27-17(16)12-29(20)19(31)28-21(3,13-30)14-7-5-4-6-8-14/h4-8,11,15,30H,9-10,12-13H2,1-3H3,(H,28,31)(H,25,26,27)/t21-/m0/s1. The first kappa shape index (κ1) is 21.4. The lowest BCUT2D eigenvalue weighted by Crippen LogP contribution is -2.54. The van der Waals surface area contributed by atoms with Crippen molar-refractivity contribution in [2.45, 2.75) is 63.2 Å². The number of urea groups is 1. The Morgan fingerprint density at radius 2 is 1.97 bits per heavy atom. The fourth-order valence-corrected chi connectivity index (χ4v) is 4.20. The number of alkyl halides is 2. The summed E-state index contributed by atoms with van der Waals surface area (Å²) in [5.74, 6) is -2.33. The lowest BCUT2D eigenvalue weighted by molar-refractivity contribution is -0.0794. The predicted octanol–water partition coefficient (Wildman–Crippen LogP) is 3.35. The largest absolute Gasteiger partial charge is 0.394 e. The average Bonchev–Trinajstić information content (AvgIpc) is 2.97. The zero-order valence-corrected chi connectivity index (χ0v) is 17.8. The molecular formula is C22H27F2N5O2. The number of fused-ring (bicyclic) bond motifs is 1. The Bertz CT molecular complexity index is 977. The van der Waals surface area contributed by atoms with Gasteiger partial charge < -0.3 is 20.6 Å². The molecule has 1 fully saturated rings. The Labute approximate surface area is 179 Å². The van der Waals surface area contributed by atoms with Gasteiger partial charge in [0.1, 0.15) is 0 Å². The van der Waals surface area contributed by atoms with Crippen molar-refractivity contribution in [2.24, 2.45) is 0 Å². The monoisotopic (exact) mass is 431 g/mol. The number of aliphatic hydroxyl groups excluding tert-OH is 1. The van der Waals surface area contributed by atoms with Crippen molar-refractivity contribution in [2.75, 3.05) is 11.9 Å². The van der Waals surface area contributed by atoms with E-state index < -0.39 is 17.0 Å². The highest BCUT2D eigenvalue weighted by atomic mass is 19.3. The van der Waals surface area contributed by atoms with E-state index in [1.165, 1.54) is 0 Å². The van der Waals surface area contributed by atoms with Crippen molar-refractivity contribution < 1.29 is 18.7 Å². The summed E-state index contributed by atoms with van der Waals surface area (Å²) >= 11 is 0. The van der Waals surface area contributed by atoms with E-state index in [9.17, 15) is 18.7 Å². The number of hydrogen-bond donors (Lipinski definition) is 3. The van der Waals surface area contributed by atoms with Crippen molar-refractivity contribution in [3.63, 3.8) is 0 Å². The van der Waals surface area contributed by atoms with Crippen LogP contribution in [0.1, 0.15) is 50.4 Å². The predicted molar refractivity (Wildman–Crippen MR) is 112 cm³/mol. The third-order valence-corrected chi connectivity index (χ3v) is 6.29. The van der Waals surface area contributed by atoms with Gasteiger partial charge in [-0.05, 0) is 26.3 Å². The Morgan fingerprint density at radius 1 is 1.29 bits per heavy atom. The molecule has 2 aliphatic rings. The zero-order valence-electron chi connectivity index (χ0n) is 17.8. The average molecular weight is 431 g/mol. The van der Waals surface area contributed by atoms with Crippen LogP contribution in [0.2, 0.25) is 0 Å². The van der Waals surface area contributed by atoms with Gasteiger partial charge in [-0.15, -0.1) is 0 Å². The van der Waals surface area contributed by atoms with Crippen LogP contribution in [0.4, 0.5) is 19.5 Å². The zero-order chi connectivity index (χ0) is 22.4. The van der Waals surface area contributed by atoms with Crippen molar-refractivity contribution >= 4 is 12.0 Å². The molecule has 0 saturated heterocycles. The van der Waals surface area contributed by atoms with Gasteiger partial charge >= 0.3 is 6.03 Å². The molecule has 9 heteroatoms. The number of carbonyl (C=O) groups is 1. The molecule has 1 saturated carbocycles. The number of aromatic nitrogens is 2. The van der Waals surface area contributed by atoms with Crippen LogP contribution in [-0.2, 0) is 17.6 Å². The fourth-order valence-electron chi connectivity index (χ4n) is 4.20. The first-order valence-corrected chi connectivity index (χ1v) is 10.3. The molecule has 1 aromatic heterocycles. The minimum Gasteiger partial charge on any atom is -0.394 e. The maximum atomic E-state index is 13.2. The first-order chi connectivity index (χ1) is 14.5. The molecule has 2 amide bonds. The van der Waals surface area contributed by atoms with Crippen molar-refractivity contribution in [3.05, 3.63) is 53.3 Å². The Morgan fingerprint density at radius 3 is 2.58 bits per heavy atom. The van der Waals surface area contributed by atoms with Gasteiger partial charge in [-0.25, -0.2) is 23.5 Å². The lowest BCUT2D eigenvalue weighted by atomic mass is 9.88. The lowest BCUT2D eigenvalue weighted by Gasteiger charge is -2.37. The van der Waals surface area contributed by atoms with Crippen LogP contribution in [0.3, 0.4) is 0 Å². The molecule has 1 aromatic carbocycles. The number of amides is 2. The summed E-state index contributed by atoms with van der Waals surface area (Å²) in [6, 6.07) is 8.61. The highest BCUT2D eigenvalue weighted by Gasteiger charge is 2.46. The minimum absolute atomic E-state index is 0.229. The Hall–Kier alpha value is -2.81. The van der Waals surface area contributed by atoms with Gasteiger partial charge in [0.2, 0.25) is 5.95 Å². The molecule has 1 aliphatic carbocycles. The van der Waals surface area contributed by atoms with E-state index in [0.29, 0.717) is 11.6 Å². The van der Waals surface area contributed by atoms with E-state index in [-0.39, 0.29) is 38.1 Å². The smallest absolute Gasteiger partial charge is 0.319 e. The summed E-state index contributed by atoms with van der Waals surface area (Å²) in [5.41, 5.74) is 0.654. The molecule has 0 spiro atoms.